The van der Waals surface area contributed by atoms with Crippen molar-refractivity contribution in [3.8, 4) is 0 Å². The van der Waals surface area contributed by atoms with E-state index in [2.05, 4.69) is 15.3 Å². The topological polar surface area (TPSA) is 51.7 Å². The maximum Gasteiger partial charge on any atom is 0.358 e. The molecule has 0 amide bonds. The third-order valence-corrected chi connectivity index (χ3v) is 4.58. The number of hydrogen-bond donors (Lipinski definition) is 0. The largest absolute Gasteiger partial charge is 0.461 e. The third-order valence-electron chi connectivity index (χ3n) is 3.77. The number of anilines is 1. The van der Waals surface area contributed by atoms with Crippen LogP contribution in [-0.2, 0) is 9.47 Å². The number of methoxy groups -OCH3 is 1. The highest BCUT2D eigenvalue weighted by Gasteiger charge is 2.23. The van der Waals surface area contributed by atoms with Crippen molar-refractivity contribution < 1.29 is 14.3 Å². The molecule has 2 heterocycles. The number of rotatable bonds is 4. The Balaban J connectivity index is 1.87. The number of nitrogens with zero attached hydrogens (tertiary/aromatic N) is 2. The molecule has 1 aromatic heterocycles. The van der Waals surface area contributed by atoms with E-state index < -0.39 is 0 Å². The lowest BCUT2D eigenvalue weighted by Gasteiger charge is -2.18. The van der Waals surface area contributed by atoms with E-state index in [1.54, 1.807) is 14.0 Å². The minimum Gasteiger partial charge on any atom is -0.461 e. The van der Waals surface area contributed by atoms with Crippen molar-refractivity contribution in [3.05, 3.63) is 23.9 Å². The Kier molecular flexibility index (Phi) is 4.07. The highest BCUT2D eigenvalue weighted by molar-refractivity contribution is 7.13. The molecule has 0 bridgehead atoms. The first-order valence-electron chi connectivity index (χ1n) is 7.07. The van der Waals surface area contributed by atoms with Gasteiger partial charge in [0.05, 0.1) is 17.4 Å². The number of hydrogen-bond acceptors (Lipinski definition) is 6. The standard InChI is InChI=1S/C15H18N2O3S/c1-3-20-15(18)14-12-5-4-10(8-13(12)21-16-14)17-7-6-11(9-17)19-2/h4-5,8,11H,3,6-7,9H2,1-2H3. The predicted molar refractivity (Wildman–Crippen MR) is 83.2 cm³/mol. The van der Waals surface area contributed by atoms with Crippen molar-refractivity contribution >= 4 is 33.3 Å². The van der Waals surface area contributed by atoms with Crippen molar-refractivity contribution in [2.24, 2.45) is 0 Å². The van der Waals surface area contributed by atoms with E-state index in [0.717, 1.165) is 35.3 Å². The van der Waals surface area contributed by atoms with Gasteiger partial charge in [-0.2, -0.15) is 4.37 Å². The lowest BCUT2D eigenvalue weighted by molar-refractivity contribution is 0.0523. The summed E-state index contributed by atoms with van der Waals surface area (Å²) in [5.41, 5.74) is 1.57. The third kappa shape index (κ3) is 2.73. The van der Waals surface area contributed by atoms with Crippen molar-refractivity contribution in [2.45, 2.75) is 19.4 Å². The van der Waals surface area contributed by atoms with Gasteiger partial charge in [-0.1, -0.05) is 0 Å². The van der Waals surface area contributed by atoms with Gasteiger partial charge in [0.2, 0.25) is 0 Å². The van der Waals surface area contributed by atoms with E-state index in [1.807, 2.05) is 12.1 Å². The molecule has 0 spiro atoms. The van der Waals surface area contributed by atoms with Gasteiger partial charge in [0.15, 0.2) is 5.69 Å². The van der Waals surface area contributed by atoms with Gasteiger partial charge < -0.3 is 14.4 Å². The molecular formula is C15H18N2O3S. The summed E-state index contributed by atoms with van der Waals surface area (Å²) in [5, 5.41) is 0.865. The summed E-state index contributed by atoms with van der Waals surface area (Å²) in [6, 6.07) is 6.09. The van der Waals surface area contributed by atoms with Crippen LogP contribution in [0, 0.1) is 0 Å². The minimum absolute atomic E-state index is 0.303. The highest BCUT2D eigenvalue weighted by Crippen LogP contribution is 2.30. The first-order valence-corrected chi connectivity index (χ1v) is 7.84. The van der Waals surface area contributed by atoms with E-state index in [9.17, 15) is 4.79 Å². The molecule has 0 N–H and O–H groups in total. The molecule has 1 aliphatic heterocycles. The van der Waals surface area contributed by atoms with Crippen LogP contribution in [0.1, 0.15) is 23.8 Å². The van der Waals surface area contributed by atoms with Crippen LogP contribution in [0.15, 0.2) is 18.2 Å². The molecule has 5 nitrogen and oxygen atoms in total. The zero-order valence-corrected chi connectivity index (χ0v) is 13.0. The van der Waals surface area contributed by atoms with Gasteiger partial charge in [-0.15, -0.1) is 0 Å². The van der Waals surface area contributed by atoms with Crippen molar-refractivity contribution in [3.63, 3.8) is 0 Å². The fourth-order valence-corrected chi connectivity index (χ4v) is 3.42. The smallest absolute Gasteiger partial charge is 0.358 e. The van der Waals surface area contributed by atoms with E-state index in [4.69, 9.17) is 9.47 Å². The zero-order valence-electron chi connectivity index (χ0n) is 12.2. The van der Waals surface area contributed by atoms with E-state index >= 15 is 0 Å². The molecule has 1 atom stereocenters. The first-order chi connectivity index (χ1) is 10.2. The van der Waals surface area contributed by atoms with Crippen LogP contribution >= 0.6 is 11.5 Å². The van der Waals surface area contributed by atoms with Crippen LogP contribution in [0.25, 0.3) is 10.1 Å². The average Bonchev–Trinajstić information content (AvgIpc) is 3.13. The highest BCUT2D eigenvalue weighted by atomic mass is 32.1. The molecule has 112 valence electrons. The molecule has 0 radical (unpaired) electrons. The molecule has 1 aromatic carbocycles. The number of fused-ring (bicyclic) bond motifs is 1. The van der Waals surface area contributed by atoms with Crippen molar-refractivity contribution in [2.75, 3.05) is 31.7 Å². The number of aromatic nitrogens is 1. The second-order valence-corrected chi connectivity index (χ2v) is 5.83. The SMILES string of the molecule is CCOC(=O)c1nsc2cc(N3CCC(OC)C3)ccc12. The Labute approximate surface area is 127 Å². The summed E-state index contributed by atoms with van der Waals surface area (Å²) in [6.07, 6.45) is 1.35. The number of benzene rings is 1. The molecule has 1 saturated heterocycles. The van der Waals surface area contributed by atoms with Crippen LogP contribution < -0.4 is 4.90 Å². The fraction of sp³-hybridized carbons (Fsp3) is 0.467. The average molecular weight is 306 g/mol. The second kappa shape index (κ2) is 5.99. The zero-order chi connectivity index (χ0) is 14.8. The van der Waals surface area contributed by atoms with Gasteiger partial charge in [-0.25, -0.2) is 4.79 Å². The van der Waals surface area contributed by atoms with Crippen LogP contribution in [-0.4, -0.2) is 43.3 Å². The molecule has 2 aromatic rings. The summed E-state index contributed by atoms with van der Waals surface area (Å²) in [6.45, 7) is 4.06. The van der Waals surface area contributed by atoms with E-state index in [-0.39, 0.29) is 5.97 Å². The Morgan fingerprint density at radius 3 is 3.10 bits per heavy atom. The van der Waals surface area contributed by atoms with Gasteiger partial charge >= 0.3 is 5.97 Å². The van der Waals surface area contributed by atoms with Gasteiger partial charge in [-0.3, -0.25) is 0 Å². The van der Waals surface area contributed by atoms with Crippen LogP contribution in [0.4, 0.5) is 5.69 Å². The predicted octanol–water partition coefficient (Wildman–Crippen LogP) is 2.70. The lowest BCUT2D eigenvalue weighted by Crippen LogP contribution is -2.21. The maximum absolute atomic E-state index is 11.8. The van der Waals surface area contributed by atoms with E-state index in [1.165, 1.54) is 11.5 Å². The van der Waals surface area contributed by atoms with Crippen LogP contribution in [0.3, 0.4) is 0 Å². The molecule has 3 rings (SSSR count). The van der Waals surface area contributed by atoms with Gasteiger partial charge in [0.25, 0.3) is 0 Å². The summed E-state index contributed by atoms with van der Waals surface area (Å²) in [7, 11) is 1.76. The monoisotopic (exact) mass is 306 g/mol. The summed E-state index contributed by atoms with van der Waals surface area (Å²) >= 11 is 1.34. The Bertz CT molecular complexity index is 655. The quantitative estimate of drug-likeness (QED) is 0.813. The van der Waals surface area contributed by atoms with Gasteiger partial charge in [-0.05, 0) is 43.1 Å². The normalized spacial score (nSPS) is 18.4. The number of esters is 1. The summed E-state index contributed by atoms with van der Waals surface area (Å²) in [4.78, 5) is 14.1. The Morgan fingerprint density at radius 2 is 2.38 bits per heavy atom. The fourth-order valence-electron chi connectivity index (χ4n) is 2.62. The van der Waals surface area contributed by atoms with Gasteiger partial charge in [0, 0.05) is 31.3 Å². The summed E-state index contributed by atoms with van der Waals surface area (Å²) in [5.74, 6) is -0.350. The van der Waals surface area contributed by atoms with Crippen molar-refractivity contribution in [1.29, 1.82) is 0 Å². The molecule has 0 aliphatic carbocycles. The Hall–Kier alpha value is -1.66. The number of ether oxygens (including phenoxy) is 2. The second-order valence-electron chi connectivity index (χ2n) is 5.02. The number of carbonyl (C=O) groups excluding carboxylic acids is 1. The molecule has 1 unspecified atom stereocenters. The molecule has 1 fully saturated rings. The minimum atomic E-state index is -0.350. The molecular weight excluding hydrogens is 288 g/mol. The lowest BCUT2D eigenvalue weighted by atomic mass is 10.2. The van der Waals surface area contributed by atoms with Crippen LogP contribution in [0.5, 0.6) is 0 Å². The van der Waals surface area contributed by atoms with Crippen molar-refractivity contribution in [1.82, 2.24) is 4.37 Å². The molecule has 6 heteroatoms. The van der Waals surface area contributed by atoms with Crippen LogP contribution in [0.2, 0.25) is 0 Å². The summed E-state index contributed by atoms with van der Waals surface area (Å²) < 4.78 is 15.7. The molecule has 0 saturated carbocycles. The van der Waals surface area contributed by atoms with Gasteiger partial charge in [0.1, 0.15) is 0 Å². The molecule has 1 aliphatic rings. The number of carbonyl (C=O) groups is 1. The maximum atomic E-state index is 11.8. The Morgan fingerprint density at radius 1 is 1.52 bits per heavy atom. The molecule has 21 heavy (non-hydrogen) atoms. The van der Waals surface area contributed by atoms with E-state index in [0.29, 0.717) is 18.4 Å². The first kappa shape index (κ1) is 14.3.